The molecular formula is C18H32. The van der Waals surface area contributed by atoms with E-state index >= 15 is 0 Å². The zero-order chi connectivity index (χ0) is 14.1. The van der Waals surface area contributed by atoms with Crippen molar-refractivity contribution in [2.45, 2.75) is 68.2 Å². The molecule has 0 spiro atoms. The normalized spacial score (nSPS) is 21.3. The molecule has 0 saturated heterocycles. The van der Waals surface area contributed by atoms with Gasteiger partial charge in [-0.3, -0.25) is 0 Å². The Balaban J connectivity index is 3.21. The highest BCUT2D eigenvalue weighted by Crippen LogP contribution is 2.52. The molecule has 1 atom stereocenters. The summed E-state index contributed by atoms with van der Waals surface area (Å²) in [7, 11) is 0. The van der Waals surface area contributed by atoms with Crippen LogP contribution in [0.2, 0.25) is 0 Å². The fourth-order valence-electron chi connectivity index (χ4n) is 3.20. The van der Waals surface area contributed by atoms with Gasteiger partial charge in [0, 0.05) is 5.92 Å². The molecule has 0 N–H and O–H groups in total. The van der Waals surface area contributed by atoms with Crippen LogP contribution < -0.4 is 0 Å². The molecule has 104 valence electrons. The Morgan fingerprint density at radius 3 is 1.83 bits per heavy atom. The minimum atomic E-state index is 0.281. The van der Waals surface area contributed by atoms with Gasteiger partial charge >= 0.3 is 0 Å². The van der Waals surface area contributed by atoms with E-state index < -0.39 is 0 Å². The van der Waals surface area contributed by atoms with Gasteiger partial charge in [0.15, 0.2) is 0 Å². The van der Waals surface area contributed by atoms with Crippen molar-refractivity contribution < 1.29 is 0 Å². The summed E-state index contributed by atoms with van der Waals surface area (Å²) in [5.41, 5.74) is 3.97. The molecule has 0 aromatic rings. The number of hydrogen-bond acceptors (Lipinski definition) is 0. The van der Waals surface area contributed by atoms with E-state index in [-0.39, 0.29) is 5.41 Å². The van der Waals surface area contributed by atoms with Gasteiger partial charge in [0.2, 0.25) is 0 Å². The maximum atomic E-state index is 2.47. The lowest BCUT2D eigenvalue weighted by Crippen LogP contribution is -2.33. The van der Waals surface area contributed by atoms with E-state index in [0.717, 1.165) is 0 Å². The average molecular weight is 248 g/mol. The van der Waals surface area contributed by atoms with Gasteiger partial charge in [-0.25, -0.2) is 0 Å². The van der Waals surface area contributed by atoms with Gasteiger partial charge in [0.1, 0.15) is 0 Å². The van der Waals surface area contributed by atoms with Crippen molar-refractivity contribution in [1.82, 2.24) is 0 Å². The molecular weight excluding hydrogens is 216 g/mol. The fourth-order valence-corrected chi connectivity index (χ4v) is 3.20. The molecule has 1 aliphatic carbocycles. The SMILES string of the molecule is CCC(C)(CC)C1C(C(C)C)=CC=C1C(C)(C)C. The van der Waals surface area contributed by atoms with Crippen LogP contribution in [0.25, 0.3) is 0 Å². The third kappa shape index (κ3) is 2.73. The van der Waals surface area contributed by atoms with Gasteiger partial charge in [-0.1, -0.05) is 78.7 Å². The molecule has 1 rings (SSSR count). The standard InChI is InChI=1S/C18H32/c1-9-18(8,10-2)16-14(13(3)4)11-12-15(16)17(5,6)7/h11-13,16H,9-10H2,1-8H3. The average Bonchev–Trinajstić information content (AvgIpc) is 2.72. The Hall–Kier alpha value is -0.520. The first-order chi connectivity index (χ1) is 8.17. The zero-order valence-electron chi connectivity index (χ0n) is 13.7. The minimum Gasteiger partial charge on any atom is -0.0648 e. The number of allylic oxidation sites excluding steroid dienone is 4. The van der Waals surface area contributed by atoms with Gasteiger partial charge in [-0.05, 0) is 29.6 Å². The molecule has 1 unspecified atom stereocenters. The van der Waals surface area contributed by atoms with Crippen LogP contribution in [-0.4, -0.2) is 0 Å². The highest BCUT2D eigenvalue weighted by molar-refractivity contribution is 5.40. The molecule has 0 fully saturated rings. The van der Waals surface area contributed by atoms with Gasteiger partial charge in [-0.15, -0.1) is 0 Å². The molecule has 0 radical (unpaired) electrons. The molecule has 0 aliphatic heterocycles. The Morgan fingerprint density at radius 2 is 1.50 bits per heavy atom. The van der Waals surface area contributed by atoms with Crippen molar-refractivity contribution in [3.05, 3.63) is 23.3 Å². The van der Waals surface area contributed by atoms with Crippen molar-refractivity contribution in [1.29, 1.82) is 0 Å². The molecule has 0 amide bonds. The maximum Gasteiger partial charge on any atom is 0.00746 e. The first-order valence-corrected chi connectivity index (χ1v) is 7.59. The summed E-state index contributed by atoms with van der Waals surface area (Å²) < 4.78 is 0. The molecule has 0 bridgehead atoms. The van der Waals surface area contributed by atoms with E-state index in [4.69, 9.17) is 0 Å². The molecule has 0 saturated carbocycles. The summed E-state index contributed by atoms with van der Waals surface area (Å²) in [6.07, 6.45) is 7.32. The third-order valence-electron chi connectivity index (χ3n) is 4.94. The summed E-state index contributed by atoms with van der Waals surface area (Å²) in [5.74, 6) is 1.30. The third-order valence-corrected chi connectivity index (χ3v) is 4.94. The number of rotatable bonds is 4. The summed E-state index contributed by atoms with van der Waals surface area (Å²) in [4.78, 5) is 0. The Labute approximate surface area is 115 Å². The Kier molecular flexibility index (Phi) is 4.51. The van der Waals surface area contributed by atoms with Crippen molar-refractivity contribution in [3.8, 4) is 0 Å². The van der Waals surface area contributed by atoms with Gasteiger partial charge in [0.05, 0.1) is 0 Å². The van der Waals surface area contributed by atoms with Crippen LogP contribution in [0, 0.1) is 22.7 Å². The van der Waals surface area contributed by atoms with Crippen LogP contribution >= 0.6 is 0 Å². The highest BCUT2D eigenvalue weighted by atomic mass is 14.5. The summed E-state index contributed by atoms with van der Waals surface area (Å²) in [6.45, 7) is 18.9. The van der Waals surface area contributed by atoms with Crippen LogP contribution in [0.5, 0.6) is 0 Å². The van der Waals surface area contributed by atoms with E-state index in [1.165, 1.54) is 12.8 Å². The second-order valence-corrected chi connectivity index (χ2v) is 7.49. The van der Waals surface area contributed by atoms with Gasteiger partial charge < -0.3 is 0 Å². The van der Waals surface area contributed by atoms with Gasteiger partial charge in [0.25, 0.3) is 0 Å². The van der Waals surface area contributed by atoms with Crippen molar-refractivity contribution in [2.75, 3.05) is 0 Å². The predicted molar refractivity (Wildman–Crippen MR) is 82.6 cm³/mol. The van der Waals surface area contributed by atoms with E-state index in [1.807, 2.05) is 0 Å². The van der Waals surface area contributed by atoms with Crippen LogP contribution in [0.4, 0.5) is 0 Å². The topological polar surface area (TPSA) is 0 Å². The zero-order valence-corrected chi connectivity index (χ0v) is 13.7. The molecule has 0 aromatic heterocycles. The first kappa shape index (κ1) is 15.5. The molecule has 1 aliphatic rings. The second-order valence-electron chi connectivity index (χ2n) is 7.49. The maximum absolute atomic E-state index is 2.47. The fraction of sp³-hybridized carbons (Fsp3) is 0.778. The van der Waals surface area contributed by atoms with Gasteiger partial charge in [-0.2, -0.15) is 0 Å². The highest BCUT2D eigenvalue weighted by Gasteiger charge is 2.41. The quantitative estimate of drug-likeness (QED) is 0.572. The molecule has 0 heteroatoms. The van der Waals surface area contributed by atoms with E-state index in [0.29, 0.717) is 17.3 Å². The van der Waals surface area contributed by atoms with Crippen LogP contribution in [0.1, 0.15) is 68.2 Å². The lowest BCUT2D eigenvalue weighted by Gasteiger charge is -2.42. The van der Waals surface area contributed by atoms with Crippen molar-refractivity contribution in [2.24, 2.45) is 22.7 Å². The number of hydrogen-bond donors (Lipinski definition) is 0. The van der Waals surface area contributed by atoms with Crippen LogP contribution in [0.3, 0.4) is 0 Å². The molecule has 0 aromatic carbocycles. The van der Waals surface area contributed by atoms with Crippen molar-refractivity contribution >= 4 is 0 Å². The van der Waals surface area contributed by atoms with E-state index in [1.54, 1.807) is 11.1 Å². The second kappa shape index (κ2) is 5.23. The van der Waals surface area contributed by atoms with E-state index in [2.05, 4.69) is 67.5 Å². The van der Waals surface area contributed by atoms with Crippen LogP contribution in [0.15, 0.2) is 23.3 Å². The Bertz CT molecular complexity index is 343. The smallest absolute Gasteiger partial charge is 0.00746 e. The predicted octanol–water partition coefficient (Wildman–Crippen LogP) is 6.00. The van der Waals surface area contributed by atoms with Crippen LogP contribution in [-0.2, 0) is 0 Å². The van der Waals surface area contributed by atoms with Crippen molar-refractivity contribution in [3.63, 3.8) is 0 Å². The first-order valence-electron chi connectivity index (χ1n) is 7.59. The lowest BCUT2D eigenvalue weighted by molar-refractivity contribution is 0.198. The summed E-state index contributed by atoms with van der Waals surface area (Å²) in [6, 6.07) is 0. The minimum absolute atomic E-state index is 0.281. The molecule has 18 heavy (non-hydrogen) atoms. The summed E-state index contributed by atoms with van der Waals surface area (Å²) >= 11 is 0. The largest absolute Gasteiger partial charge is 0.0648 e. The Morgan fingerprint density at radius 1 is 1.00 bits per heavy atom. The summed E-state index contributed by atoms with van der Waals surface area (Å²) in [5, 5.41) is 0. The molecule has 0 heterocycles. The molecule has 0 nitrogen and oxygen atoms in total. The lowest BCUT2D eigenvalue weighted by atomic mass is 9.62. The van der Waals surface area contributed by atoms with E-state index in [9.17, 15) is 0 Å². The monoisotopic (exact) mass is 248 g/mol.